The average Bonchev–Trinajstić information content (AvgIpc) is 2.14. The maximum atomic E-state index is 10.7. The molecule has 4 heteroatoms. The number of carbonyl (C=O) groups is 2. The Morgan fingerprint density at radius 1 is 1.33 bits per heavy atom. The molecular formula is C11H19NO3. The van der Waals surface area contributed by atoms with E-state index in [1.165, 1.54) is 6.92 Å². The fourth-order valence-corrected chi connectivity index (χ4v) is 2.31. The van der Waals surface area contributed by atoms with Crippen LogP contribution in [0, 0.1) is 11.8 Å². The number of nitrogens with one attached hydrogen (secondary N) is 1. The lowest BCUT2D eigenvalue weighted by Crippen LogP contribution is -2.30. The first-order chi connectivity index (χ1) is 7.08. The van der Waals surface area contributed by atoms with Gasteiger partial charge in [-0.25, -0.2) is 0 Å². The van der Waals surface area contributed by atoms with E-state index in [4.69, 9.17) is 5.11 Å². The molecule has 1 aliphatic carbocycles. The van der Waals surface area contributed by atoms with Crippen molar-refractivity contribution in [2.24, 2.45) is 11.8 Å². The third-order valence-electron chi connectivity index (χ3n) is 2.99. The van der Waals surface area contributed by atoms with Gasteiger partial charge in [-0.15, -0.1) is 0 Å². The van der Waals surface area contributed by atoms with Gasteiger partial charge < -0.3 is 10.4 Å². The van der Waals surface area contributed by atoms with E-state index in [-0.39, 0.29) is 12.3 Å². The summed E-state index contributed by atoms with van der Waals surface area (Å²) in [7, 11) is 0. The van der Waals surface area contributed by atoms with Gasteiger partial charge in [0, 0.05) is 19.9 Å². The summed E-state index contributed by atoms with van der Waals surface area (Å²) in [5, 5.41) is 11.5. The van der Waals surface area contributed by atoms with Gasteiger partial charge >= 0.3 is 5.97 Å². The first-order valence-electron chi connectivity index (χ1n) is 5.54. The summed E-state index contributed by atoms with van der Waals surface area (Å²) in [5.41, 5.74) is 0. The molecule has 0 bridgehead atoms. The first kappa shape index (κ1) is 12.0. The van der Waals surface area contributed by atoms with Crippen LogP contribution in [0.5, 0.6) is 0 Å². The molecule has 0 aromatic carbocycles. The van der Waals surface area contributed by atoms with Gasteiger partial charge in [0.05, 0.1) is 0 Å². The van der Waals surface area contributed by atoms with Gasteiger partial charge in [0.2, 0.25) is 5.91 Å². The molecule has 1 aliphatic rings. The lowest BCUT2D eigenvalue weighted by Gasteiger charge is -2.28. The summed E-state index contributed by atoms with van der Waals surface area (Å²) in [5.74, 6) is 0.0533. The van der Waals surface area contributed by atoms with Crippen LogP contribution < -0.4 is 5.32 Å². The highest BCUT2D eigenvalue weighted by Crippen LogP contribution is 2.30. The van der Waals surface area contributed by atoms with E-state index in [1.807, 2.05) is 0 Å². The Bertz CT molecular complexity index is 240. The number of amides is 1. The highest BCUT2D eigenvalue weighted by Gasteiger charge is 2.23. The zero-order chi connectivity index (χ0) is 11.3. The van der Waals surface area contributed by atoms with Crippen molar-refractivity contribution in [2.45, 2.75) is 39.0 Å². The summed E-state index contributed by atoms with van der Waals surface area (Å²) in [6, 6.07) is 0. The summed E-state index contributed by atoms with van der Waals surface area (Å²) >= 11 is 0. The molecular weight excluding hydrogens is 194 g/mol. The molecule has 1 saturated carbocycles. The van der Waals surface area contributed by atoms with Gasteiger partial charge in [-0.05, 0) is 31.1 Å². The van der Waals surface area contributed by atoms with Crippen LogP contribution in [0.1, 0.15) is 39.0 Å². The third-order valence-corrected chi connectivity index (χ3v) is 2.99. The Hall–Kier alpha value is -1.06. The van der Waals surface area contributed by atoms with Crippen molar-refractivity contribution >= 4 is 11.9 Å². The van der Waals surface area contributed by atoms with E-state index in [9.17, 15) is 9.59 Å². The summed E-state index contributed by atoms with van der Waals surface area (Å²) in [4.78, 5) is 21.3. The Balaban J connectivity index is 2.28. The van der Waals surface area contributed by atoms with E-state index in [0.29, 0.717) is 18.4 Å². The Kier molecular flexibility index (Phi) is 4.59. The number of carboxylic acids is 1. The molecule has 0 radical (unpaired) electrons. The lowest BCUT2D eigenvalue weighted by molar-refractivity contribution is -0.138. The maximum absolute atomic E-state index is 10.7. The molecule has 2 unspecified atom stereocenters. The van der Waals surface area contributed by atoms with Crippen molar-refractivity contribution < 1.29 is 14.7 Å². The van der Waals surface area contributed by atoms with E-state index < -0.39 is 5.97 Å². The lowest BCUT2D eigenvalue weighted by atomic mass is 9.80. The van der Waals surface area contributed by atoms with Crippen molar-refractivity contribution in [3.63, 3.8) is 0 Å². The number of carbonyl (C=O) groups excluding carboxylic acids is 1. The van der Waals surface area contributed by atoms with E-state index >= 15 is 0 Å². The maximum Gasteiger partial charge on any atom is 0.303 e. The molecule has 0 aromatic rings. The Labute approximate surface area is 90.0 Å². The molecule has 0 saturated heterocycles. The predicted octanol–water partition coefficient (Wildman–Crippen LogP) is 1.40. The van der Waals surface area contributed by atoms with Gasteiger partial charge in [-0.3, -0.25) is 9.59 Å². The van der Waals surface area contributed by atoms with E-state index in [0.717, 1.165) is 25.7 Å². The van der Waals surface area contributed by atoms with Crippen LogP contribution in [0.4, 0.5) is 0 Å². The van der Waals surface area contributed by atoms with Crippen LogP contribution in [-0.4, -0.2) is 23.5 Å². The largest absolute Gasteiger partial charge is 0.481 e. The van der Waals surface area contributed by atoms with Gasteiger partial charge in [0.25, 0.3) is 0 Å². The number of rotatable bonds is 4. The average molecular weight is 213 g/mol. The predicted molar refractivity (Wildman–Crippen MR) is 56.4 cm³/mol. The molecule has 0 aromatic heterocycles. The number of hydrogen-bond donors (Lipinski definition) is 2. The topological polar surface area (TPSA) is 66.4 Å². The normalized spacial score (nSPS) is 25.9. The summed E-state index contributed by atoms with van der Waals surface area (Å²) in [6.07, 6.45) is 4.42. The molecule has 0 aliphatic heterocycles. The highest BCUT2D eigenvalue weighted by molar-refractivity contribution is 5.72. The number of carboxylic acid groups (broad SMARTS) is 1. The van der Waals surface area contributed by atoms with Crippen molar-refractivity contribution in [1.82, 2.24) is 5.32 Å². The summed E-state index contributed by atoms with van der Waals surface area (Å²) in [6.45, 7) is 2.21. The van der Waals surface area contributed by atoms with Gasteiger partial charge in [-0.2, -0.15) is 0 Å². The molecule has 2 N–H and O–H groups in total. The zero-order valence-corrected chi connectivity index (χ0v) is 9.16. The summed E-state index contributed by atoms with van der Waals surface area (Å²) < 4.78 is 0. The molecule has 15 heavy (non-hydrogen) atoms. The number of hydrogen-bond acceptors (Lipinski definition) is 2. The van der Waals surface area contributed by atoms with Crippen molar-refractivity contribution in [1.29, 1.82) is 0 Å². The Morgan fingerprint density at radius 3 is 2.60 bits per heavy atom. The fourth-order valence-electron chi connectivity index (χ4n) is 2.31. The van der Waals surface area contributed by atoms with Crippen LogP contribution in [0.2, 0.25) is 0 Å². The standard InChI is InChI=1S/C11H19NO3/c1-8(13)12-7-10-4-2-3-9(5-10)6-11(14)15/h9-10H,2-7H2,1H3,(H,12,13)(H,14,15). The van der Waals surface area contributed by atoms with Crippen LogP contribution in [-0.2, 0) is 9.59 Å². The minimum absolute atomic E-state index is 0.00430. The molecule has 0 heterocycles. The second kappa shape index (κ2) is 5.73. The first-order valence-corrected chi connectivity index (χ1v) is 5.54. The second-order valence-corrected chi connectivity index (χ2v) is 4.43. The van der Waals surface area contributed by atoms with Gasteiger partial charge in [0.1, 0.15) is 0 Å². The number of aliphatic carboxylic acids is 1. The van der Waals surface area contributed by atoms with Crippen LogP contribution in [0.3, 0.4) is 0 Å². The van der Waals surface area contributed by atoms with Crippen molar-refractivity contribution in [3.05, 3.63) is 0 Å². The monoisotopic (exact) mass is 213 g/mol. The van der Waals surface area contributed by atoms with Gasteiger partial charge in [0.15, 0.2) is 0 Å². The minimum Gasteiger partial charge on any atom is -0.481 e. The minimum atomic E-state index is -0.708. The molecule has 0 spiro atoms. The quantitative estimate of drug-likeness (QED) is 0.742. The third kappa shape index (κ3) is 4.81. The zero-order valence-electron chi connectivity index (χ0n) is 9.16. The molecule has 86 valence electrons. The molecule has 4 nitrogen and oxygen atoms in total. The molecule has 1 amide bonds. The molecule has 1 rings (SSSR count). The van der Waals surface area contributed by atoms with Crippen LogP contribution in [0.15, 0.2) is 0 Å². The SMILES string of the molecule is CC(=O)NCC1CCCC(CC(=O)O)C1. The molecule has 2 atom stereocenters. The van der Waals surface area contributed by atoms with Crippen molar-refractivity contribution in [3.8, 4) is 0 Å². The van der Waals surface area contributed by atoms with Gasteiger partial charge in [-0.1, -0.05) is 6.42 Å². The van der Waals surface area contributed by atoms with E-state index in [2.05, 4.69) is 5.32 Å². The Morgan fingerprint density at radius 2 is 2.00 bits per heavy atom. The van der Waals surface area contributed by atoms with E-state index in [1.54, 1.807) is 0 Å². The molecule has 1 fully saturated rings. The van der Waals surface area contributed by atoms with Crippen molar-refractivity contribution in [2.75, 3.05) is 6.54 Å². The fraction of sp³-hybridized carbons (Fsp3) is 0.818. The highest BCUT2D eigenvalue weighted by atomic mass is 16.4. The second-order valence-electron chi connectivity index (χ2n) is 4.43. The van der Waals surface area contributed by atoms with Crippen LogP contribution >= 0.6 is 0 Å². The smallest absolute Gasteiger partial charge is 0.303 e. The van der Waals surface area contributed by atoms with Crippen LogP contribution in [0.25, 0.3) is 0 Å².